The Morgan fingerprint density at radius 1 is 1.29 bits per heavy atom. The third-order valence-electron chi connectivity index (χ3n) is 3.56. The predicted molar refractivity (Wildman–Crippen MR) is 62.2 cm³/mol. The molecule has 1 N–H and O–H groups in total. The smallest absolute Gasteiger partial charge is 0.328 e. The Balaban J connectivity index is 2.39. The lowest BCUT2D eigenvalue weighted by Crippen LogP contribution is -2.48. The molecule has 1 heterocycles. The van der Waals surface area contributed by atoms with Crippen LogP contribution in [0.5, 0.6) is 0 Å². The molecule has 0 amide bonds. The van der Waals surface area contributed by atoms with Crippen LogP contribution < -0.4 is 0 Å². The Hall–Kier alpha value is -1.42. The van der Waals surface area contributed by atoms with E-state index in [1.54, 1.807) is 19.1 Å². The number of carboxylic acids is 1. The molecule has 0 aliphatic carbocycles. The van der Waals surface area contributed by atoms with E-state index in [4.69, 9.17) is 0 Å². The van der Waals surface area contributed by atoms with E-state index < -0.39 is 11.5 Å². The number of benzene rings is 1. The molecule has 0 aromatic heterocycles. The van der Waals surface area contributed by atoms with Gasteiger partial charge in [0, 0.05) is 0 Å². The Labute approximate surface area is 99.9 Å². The first kappa shape index (κ1) is 12.0. The fraction of sp³-hybridized carbons (Fsp3) is 0.462. The van der Waals surface area contributed by atoms with Crippen molar-refractivity contribution in [3.8, 4) is 0 Å². The Morgan fingerprint density at radius 2 is 1.82 bits per heavy atom. The summed E-state index contributed by atoms with van der Waals surface area (Å²) in [5.74, 6) is -1.23. The van der Waals surface area contributed by atoms with Gasteiger partial charge in [0.2, 0.25) is 0 Å². The standard InChI is InChI=1S/C13H16FNO2/c1-13(12(16)17,15-8-2-3-9-15)10-4-6-11(14)7-5-10/h4-7H,2-3,8-9H2,1H3,(H,16,17)/t13-/m0/s1. The normalized spacial score (nSPS) is 20.1. The molecule has 0 spiro atoms. The average Bonchev–Trinajstić information content (AvgIpc) is 2.82. The fourth-order valence-electron chi connectivity index (χ4n) is 2.38. The highest BCUT2D eigenvalue weighted by Gasteiger charge is 2.42. The maximum absolute atomic E-state index is 12.9. The van der Waals surface area contributed by atoms with Crippen LogP contribution in [-0.4, -0.2) is 29.1 Å². The minimum atomic E-state index is -1.05. The summed E-state index contributed by atoms with van der Waals surface area (Å²) in [7, 11) is 0. The highest BCUT2D eigenvalue weighted by atomic mass is 19.1. The topological polar surface area (TPSA) is 40.5 Å². The SMILES string of the molecule is C[C@@](C(=O)O)(c1ccc(F)cc1)N1CCCC1. The third-order valence-corrected chi connectivity index (χ3v) is 3.56. The van der Waals surface area contributed by atoms with Crippen LogP contribution in [0.1, 0.15) is 25.3 Å². The number of likely N-dealkylation sites (tertiary alicyclic amines) is 1. The molecule has 1 aromatic carbocycles. The summed E-state index contributed by atoms with van der Waals surface area (Å²) in [6.45, 7) is 3.24. The van der Waals surface area contributed by atoms with Crippen molar-refractivity contribution in [1.29, 1.82) is 0 Å². The van der Waals surface area contributed by atoms with Crippen molar-refractivity contribution in [3.05, 3.63) is 35.6 Å². The van der Waals surface area contributed by atoms with Crippen LogP contribution in [-0.2, 0) is 10.3 Å². The van der Waals surface area contributed by atoms with Gasteiger partial charge in [-0.2, -0.15) is 0 Å². The summed E-state index contributed by atoms with van der Waals surface area (Å²) in [6, 6.07) is 5.74. The van der Waals surface area contributed by atoms with Crippen LogP contribution in [0.3, 0.4) is 0 Å². The summed E-state index contributed by atoms with van der Waals surface area (Å²) in [5, 5.41) is 9.48. The molecule has 3 nitrogen and oxygen atoms in total. The van der Waals surface area contributed by atoms with E-state index in [9.17, 15) is 14.3 Å². The molecule has 1 aliphatic heterocycles. The largest absolute Gasteiger partial charge is 0.480 e. The van der Waals surface area contributed by atoms with Crippen molar-refractivity contribution in [2.24, 2.45) is 0 Å². The van der Waals surface area contributed by atoms with Crippen LogP contribution >= 0.6 is 0 Å². The fourth-order valence-corrected chi connectivity index (χ4v) is 2.38. The molecule has 17 heavy (non-hydrogen) atoms. The maximum Gasteiger partial charge on any atom is 0.328 e. The van der Waals surface area contributed by atoms with Crippen molar-refractivity contribution in [1.82, 2.24) is 4.90 Å². The minimum absolute atomic E-state index is 0.345. The van der Waals surface area contributed by atoms with Gasteiger partial charge in [-0.25, -0.2) is 9.18 Å². The number of carbonyl (C=O) groups is 1. The zero-order valence-electron chi connectivity index (χ0n) is 9.82. The molecule has 0 saturated carbocycles. The second-order valence-corrected chi connectivity index (χ2v) is 4.58. The van der Waals surface area contributed by atoms with Gasteiger partial charge in [-0.05, 0) is 50.6 Å². The van der Waals surface area contributed by atoms with Gasteiger partial charge in [0.15, 0.2) is 0 Å². The van der Waals surface area contributed by atoms with Gasteiger partial charge in [0.25, 0.3) is 0 Å². The van der Waals surface area contributed by atoms with E-state index in [-0.39, 0.29) is 5.82 Å². The van der Waals surface area contributed by atoms with Crippen LogP contribution in [0.15, 0.2) is 24.3 Å². The summed E-state index contributed by atoms with van der Waals surface area (Å²) in [5.41, 5.74) is -0.419. The number of hydrogen-bond acceptors (Lipinski definition) is 2. The van der Waals surface area contributed by atoms with E-state index in [0.29, 0.717) is 5.56 Å². The van der Waals surface area contributed by atoms with Gasteiger partial charge in [-0.3, -0.25) is 4.90 Å². The molecule has 1 atom stereocenters. The molecule has 0 bridgehead atoms. The molecular formula is C13H16FNO2. The third kappa shape index (κ3) is 2.05. The van der Waals surface area contributed by atoms with Crippen LogP contribution in [0.2, 0.25) is 0 Å². The Bertz CT molecular complexity index is 412. The van der Waals surface area contributed by atoms with Crippen molar-refractivity contribution < 1.29 is 14.3 Å². The number of rotatable bonds is 3. The first-order chi connectivity index (χ1) is 8.05. The average molecular weight is 237 g/mol. The van der Waals surface area contributed by atoms with Crippen molar-refractivity contribution in [3.63, 3.8) is 0 Å². The highest BCUT2D eigenvalue weighted by molar-refractivity contribution is 5.80. The molecule has 0 radical (unpaired) electrons. The molecule has 4 heteroatoms. The quantitative estimate of drug-likeness (QED) is 0.876. The second kappa shape index (κ2) is 4.45. The highest BCUT2D eigenvalue weighted by Crippen LogP contribution is 2.31. The van der Waals surface area contributed by atoms with Crippen molar-refractivity contribution >= 4 is 5.97 Å². The number of aliphatic carboxylic acids is 1. The molecule has 0 unspecified atom stereocenters. The lowest BCUT2D eigenvalue weighted by Gasteiger charge is -2.35. The van der Waals surface area contributed by atoms with Gasteiger partial charge in [-0.15, -0.1) is 0 Å². The lowest BCUT2D eigenvalue weighted by molar-refractivity contribution is -0.150. The van der Waals surface area contributed by atoms with Crippen LogP contribution in [0.4, 0.5) is 4.39 Å². The first-order valence-corrected chi connectivity index (χ1v) is 5.79. The molecular weight excluding hydrogens is 221 g/mol. The van der Waals surface area contributed by atoms with E-state index in [0.717, 1.165) is 25.9 Å². The summed E-state index contributed by atoms with van der Waals surface area (Å²) in [4.78, 5) is 13.5. The summed E-state index contributed by atoms with van der Waals surface area (Å²) >= 11 is 0. The molecule has 1 saturated heterocycles. The molecule has 1 aromatic rings. The van der Waals surface area contributed by atoms with Gasteiger partial charge in [-0.1, -0.05) is 12.1 Å². The number of carboxylic acid groups (broad SMARTS) is 1. The van der Waals surface area contributed by atoms with Gasteiger partial charge in [0.1, 0.15) is 11.4 Å². The monoisotopic (exact) mass is 237 g/mol. The first-order valence-electron chi connectivity index (χ1n) is 5.79. The molecule has 2 rings (SSSR count). The summed E-state index contributed by atoms with van der Waals surface area (Å²) in [6.07, 6.45) is 2.04. The van der Waals surface area contributed by atoms with E-state index >= 15 is 0 Å². The minimum Gasteiger partial charge on any atom is -0.480 e. The zero-order valence-corrected chi connectivity index (χ0v) is 9.82. The van der Waals surface area contributed by atoms with E-state index in [1.807, 2.05) is 4.90 Å². The summed E-state index contributed by atoms with van der Waals surface area (Å²) < 4.78 is 12.9. The zero-order chi connectivity index (χ0) is 12.5. The molecule has 92 valence electrons. The van der Waals surface area contributed by atoms with Crippen LogP contribution in [0, 0.1) is 5.82 Å². The van der Waals surface area contributed by atoms with Crippen LogP contribution in [0.25, 0.3) is 0 Å². The lowest BCUT2D eigenvalue weighted by atomic mass is 9.90. The second-order valence-electron chi connectivity index (χ2n) is 4.58. The maximum atomic E-state index is 12.9. The molecule has 1 fully saturated rings. The van der Waals surface area contributed by atoms with Crippen molar-refractivity contribution in [2.45, 2.75) is 25.3 Å². The van der Waals surface area contributed by atoms with Gasteiger partial charge < -0.3 is 5.11 Å². The predicted octanol–water partition coefficient (Wildman–Crippen LogP) is 2.22. The number of hydrogen-bond donors (Lipinski definition) is 1. The van der Waals surface area contributed by atoms with Crippen molar-refractivity contribution in [2.75, 3.05) is 13.1 Å². The van der Waals surface area contributed by atoms with Gasteiger partial charge >= 0.3 is 5.97 Å². The van der Waals surface area contributed by atoms with Gasteiger partial charge in [0.05, 0.1) is 0 Å². The Morgan fingerprint density at radius 3 is 2.29 bits per heavy atom. The Kier molecular flexibility index (Phi) is 3.15. The van der Waals surface area contributed by atoms with E-state index in [2.05, 4.69) is 0 Å². The number of halogens is 1. The van der Waals surface area contributed by atoms with E-state index in [1.165, 1.54) is 12.1 Å². The molecule has 1 aliphatic rings. The number of nitrogens with zero attached hydrogens (tertiary/aromatic N) is 1.